The van der Waals surface area contributed by atoms with Gasteiger partial charge in [-0.1, -0.05) is 49.7 Å². The van der Waals surface area contributed by atoms with E-state index in [9.17, 15) is 4.79 Å². The first-order chi connectivity index (χ1) is 9.96. The third-order valence-electron chi connectivity index (χ3n) is 4.32. The van der Waals surface area contributed by atoms with Crippen molar-refractivity contribution in [3.63, 3.8) is 0 Å². The zero-order chi connectivity index (χ0) is 15.0. The van der Waals surface area contributed by atoms with E-state index in [1.807, 2.05) is 35.2 Å². The molecule has 0 spiro atoms. The van der Waals surface area contributed by atoms with Crippen molar-refractivity contribution in [3.05, 3.63) is 41.2 Å². The van der Waals surface area contributed by atoms with Crippen molar-refractivity contribution in [2.24, 2.45) is 5.41 Å². The topological polar surface area (TPSA) is 33.2 Å². The second kappa shape index (κ2) is 5.30. The Morgan fingerprint density at radius 2 is 1.90 bits per heavy atom. The minimum absolute atomic E-state index is 0.0156. The number of aromatic nitrogens is 1. The van der Waals surface area contributed by atoms with Crippen molar-refractivity contribution >= 4 is 28.3 Å². The van der Waals surface area contributed by atoms with Crippen LogP contribution in [0.1, 0.15) is 37.2 Å². The lowest BCUT2D eigenvalue weighted by atomic mass is 9.82. The monoisotopic (exact) mass is 302 g/mol. The number of hydrogen-bond acceptors (Lipinski definition) is 2. The van der Waals surface area contributed by atoms with E-state index in [2.05, 4.69) is 18.8 Å². The van der Waals surface area contributed by atoms with Gasteiger partial charge in [-0.25, -0.2) is 4.98 Å². The first kappa shape index (κ1) is 14.3. The highest BCUT2D eigenvalue weighted by Gasteiger charge is 2.29. The number of likely N-dealkylation sites (tertiary alicyclic amines) is 1. The van der Waals surface area contributed by atoms with Crippen LogP contribution in [0.2, 0.25) is 5.15 Å². The van der Waals surface area contributed by atoms with Crippen LogP contribution in [0.3, 0.4) is 0 Å². The van der Waals surface area contributed by atoms with Crippen molar-refractivity contribution in [2.75, 3.05) is 13.1 Å². The van der Waals surface area contributed by atoms with Gasteiger partial charge in [-0.2, -0.15) is 0 Å². The highest BCUT2D eigenvalue weighted by atomic mass is 35.5. The standard InChI is InChI=1S/C17H19ClN2O/c1-17(2)7-9-20(10-8-17)16(21)14-11-12-5-3-4-6-13(12)15(18)19-14/h3-6,11H,7-10H2,1-2H3. The Kier molecular flexibility index (Phi) is 3.62. The Morgan fingerprint density at radius 1 is 1.24 bits per heavy atom. The summed E-state index contributed by atoms with van der Waals surface area (Å²) in [6.07, 6.45) is 2.06. The average Bonchev–Trinajstić information content (AvgIpc) is 2.46. The molecule has 0 N–H and O–H groups in total. The second-order valence-electron chi connectivity index (χ2n) is 6.48. The predicted octanol–water partition coefficient (Wildman–Crippen LogP) is 4.15. The van der Waals surface area contributed by atoms with Crippen molar-refractivity contribution in [2.45, 2.75) is 26.7 Å². The summed E-state index contributed by atoms with van der Waals surface area (Å²) in [5, 5.41) is 2.24. The van der Waals surface area contributed by atoms with E-state index in [1.54, 1.807) is 0 Å². The molecule has 0 aliphatic carbocycles. The molecule has 3 nitrogen and oxygen atoms in total. The van der Waals surface area contributed by atoms with Gasteiger partial charge in [0.15, 0.2) is 0 Å². The van der Waals surface area contributed by atoms with Crippen LogP contribution >= 0.6 is 11.6 Å². The van der Waals surface area contributed by atoms with Crippen LogP contribution in [0, 0.1) is 5.41 Å². The highest BCUT2D eigenvalue weighted by Crippen LogP contribution is 2.30. The summed E-state index contributed by atoms with van der Waals surface area (Å²) in [6.45, 7) is 6.08. The number of amides is 1. The third-order valence-corrected chi connectivity index (χ3v) is 4.61. The summed E-state index contributed by atoms with van der Waals surface area (Å²) in [5.74, 6) is -0.0156. The smallest absolute Gasteiger partial charge is 0.272 e. The van der Waals surface area contributed by atoms with Gasteiger partial charge in [-0.05, 0) is 29.7 Å². The summed E-state index contributed by atoms with van der Waals surface area (Å²) >= 11 is 6.21. The first-order valence-corrected chi connectivity index (χ1v) is 7.69. The van der Waals surface area contributed by atoms with Crippen LogP contribution in [-0.2, 0) is 0 Å². The molecular weight excluding hydrogens is 284 g/mol. The fraction of sp³-hybridized carbons (Fsp3) is 0.412. The SMILES string of the molecule is CC1(C)CCN(C(=O)c2cc3ccccc3c(Cl)n2)CC1. The molecule has 4 heteroatoms. The number of halogens is 1. The van der Waals surface area contributed by atoms with Crippen molar-refractivity contribution in [1.29, 1.82) is 0 Å². The molecule has 2 heterocycles. The highest BCUT2D eigenvalue weighted by molar-refractivity contribution is 6.34. The van der Waals surface area contributed by atoms with Crippen molar-refractivity contribution < 1.29 is 4.79 Å². The Hall–Kier alpha value is -1.61. The summed E-state index contributed by atoms with van der Waals surface area (Å²) in [4.78, 5) is 18.8. The number of carbonyl (C=O) groups is 1. The molecule has 0 atom stereocenters. The van der Waals surface area contributed by atoms with Crippen LogP contribution < -0.4 is 0 Å². The van der Waals surface area contributed by atoms with Gasteiger partial charge in [0.25, 0.3) is 5.91 Å². The molecule has 1 saturated heterocycles. The predicted molar refractivity (Wildman–Crippen MR) is 85.7 cm³/mol. The van der Waals surface area contributed by atoms with Crippen LogP contribution in [0.25, 0.3) is 10.8 Å². The Balaban J connectivity index is 1.88. The van der Waals surface area contributed by atoms with Gasteiger partial charge < -0.3 is 4.90 Å². The number of pyridine rings is 1. The average molecular weight is 303 g/mol. The number of hydrogen-bond donors (Lipinski definition) is 0. The maximum absolute atomic E-state index is 12.6. The van der Waals surface area contributed by atoms with Gasteiger partial charge in [0.1, 0.15) is 10.8 Å². The van der Waals surface area contributed by atoms with Crippen molar-refractivity contribution in [3.8, 4) is 0 Å². The quantitative estimate of drug-likeness (QED) is 0.741. The normalized spacial score (nSPS) is 18.0. The molecule has 0 saturated carbocycles. The Labute approximate surface area is 129 Å². The largest absolute Gasteiger partial charge is 0.337 e. The van der Waals surface area contributed by atoms with Gasteiger partial charge >= 0.3 is 0 Å². The summed E-state index contributed by atoms with van der Waals surface area (Å²) in [7, 11) is 0. The minimum Gasteiger partial charge on any atom is -0.337 e. The fourth-order valence-corrected chi connectivity index (χ4v) is 3.01. The maximum atomic E-state index is 12.6. The minimum atomic E-state index is -0.0156. The Bertz CT molecular complexity index is 686. The molecule has 1 fully saturated rings. The molecule has 1 aromatic carbocycles. The van der Waals surface area contributed by atoms with Gasteiger partial charge in [0.05, 0.1) is 0 Å². The van der Waals surface area contributed by atoms with Crippen LogP contribution in [0.4, 0.5) is 0 Å². The Morgan fingerprint density at radius 3 is 2.62 bits per heavy atom. The summed E-state index contributed by atoms with van der Waals surface area (Å²) in [6, 6.07) is 9.57. The summed E-state index contributed by atoms with van der Waals surface area (Å²) < 4.78 is 0. The maximum Gasteiger partial charge on any atom is 0.272 e. The van der Waals surface area contributed by atoms with E-state index >= 15 is 0 Å². The number of rotatable bonds is 1. The fourth-order valence-electron chi connectivity index (χ4n) is 2.74. The number of benzene rings is 1. The molecule has 1 aliphatic rings. The molecule has 1 aliphatic heterocycles. The first-order valence-electron chi connectivity index (χ1n) is 7.31. The van der Waals surface area contributed by atoms with Crippen LogP contribution in [-0.4, -0.2) is 28.9 Å². The molecule has 3 rings (SSSR count). The summed E-state index contributed by atoms with van der Waals surface area (Å²) in [5.41, 5.74) is 0.768. The van der Waals surface area contributed by atoms with E-state index in [4.69, 9.17) is 11.6 Å². The van der Waals surface area contributed by atoms with Crippen LogP contribution in [0.5, 0.6) is 0 Å². The van der Waals surface area contributed by atoms with E-state index in [-0.39, 0.29) is 5.91 Å². The van der Waals surface area contributed by atoms with Gasteiger partial charge in [0.2, 0.25) is 0 Å². The van der Waals surface area contributed by atoms with E-state index < -0.39 is 0 Å². The van der Waals surface area contributed by atoms with Gasteiger partial charge in [-0.15, -0.1) is 0 Å². The zero-order valence-corrected chi connectivity index (χ0v) is 13.2. The molecule has 1 aromatic heterocycles. The lowest BCUT2D eigenvalue weighted by Gasteiger charge is -2.36. The van der Waals surface area contributed by atoms with Gasteiger partial charge in [-0.3, -0.25) is 4.79 Å². The number of carbonyl (C=O) groups excluding carboxylic acids is 1. The molecule has 0 bridgehead atoms. The lowest BCUT2D eigenvalue weighted by molar-refractivity contribution is 0.0624. The van der Waals surface area contributed by atoms with Crippen molar-refractivity contribution in [1.82, 2.24) is 9.88 Å². The molecule has 21 heavy (non-hydrogen) atoms. The van der Waals surface area contributed by atoms with Gasteiger partial charge in [0, 0.05) is 18.5 Å². The zero-order valence-electron chi connectivity index (χ0n) is 12.4. The number of piperidine rings is 1. The number of fused-ring (bicyclic) bond motifs is 1. The second-order valence-corrected chi connectivity index (χ2v) is 6.83. The van der Waals surface area contributed by atoms with E-state index in [1.165, 1.54) is 0 Å². The molecule has 0 radical (unpaired) electrons. The molecule has 0 unspecified atom stereocenters. The molecule has 110 valence electrons. The van der Waals surface area contributed by atoms with E-state index in [0.29, 0.717) is 16.3 Å². The van der Waals surface area contributed by atoms with Crippen LogP contribution in [0.15, 0.2) is 30.3 Å². The molecule has 2 aromatic rings. The third kappa shape index (κ3) is 2.88. The molecular formula is C17H19ClN2O. The van der Waals surface area contributed by atoms with E-state index in [0.717, 1.165) is 36.7 Å². The number of nitrogens with zero attached hydrogens (tertiary/aromatic N) is 2. The lowest BCUT2D eigenvalue weighted by Crippen LogP contribution is -2.41. The molecule has 1 amide bonds.